The molecule has 0 N–H and O–H groups in total. The number of benzene rings is 1. The van der Waals surface area contributed by atoms with Crippen molar-refractivity contribution in [3.63, 3.8) is 0 Å². The molecule has 1 aromatic heterocycles. The maximum atomic E-state index is 12.1. The summed E-state index contributed by atoms with van der Waals surface area (Å²) in [5, 5.41) is 4.67. The third kappa shape index (κ3) is 3.83. The lowest BCUT2D eigenvalue weighted by Crippen LogP contribution is -2.38. The molecular formula is C19H26N4O2. The van der Waals surface area contributed by atoms with Crippen LogP contribution >= 0.6 is 0 Å². The Hall–Kier alpha value is -2.37. The van der Waals surface area contributed by atoms with Gasteiger partial charge in [-0.15, -0.1) is 0 Å². The largest absolute Gasteiger partial charge is 0.497 e. The number of aryl methyl sites for hydroxylation is 1. The summed E-state index contributed by atoms with van der Waals surface area (Å²) in [5.74, 6) is 2.69. The Morgan fingerprint density at radius 2 is 2.04 bits per heavy atom. The summed E-state index contributed by atoms with van der Waals surface area (Å²) in [5.41, 5.74) is 1.14. The minimum absolute atomic E-state index is 0.0253. The topological polar surface area (TPSA) is 60.2 Å². The van der Waals surface area contributed by atoms with Crippen molar-refractivity contribution in [1.82, 2.24) is 19.7 Å². The molecule has 0 saturated carbocycles. The van der Waals surface area contributed by atoms with E-state index < -0.39 is 0 Å². The van der Waals surface area contributed by atoms with Crippen LogP contribution < -0.4 is 4.74 Å². The van der Waals surface area contributed by atoms with E-state index in [2.05, 4.69) is 12.0 Å². The lowest BCUT2D eigenvalue weighted by molar-refractivity contribution is -0.132. The van der Waals surface area contributed by atoms with E-state index in [0.29, 0.717) is 6.54 Å². The number of hydrogen-bond donors (Lipinski definition) is 0. The number of rotatable bonds is 5. The second-order valence-corrected chi connectivity index (χ2v) is 6.47. The van der Waals surface area contributed by atoms with Crippen LogP contribution in [0.1, 0.15) is 56.4 Å². The monoisotopic (exact) mass is 342 g/mol. The number of likely N-dealkylation sites (tertiary alicyclic amines) is 1. The zero-order valence-corrected chi connectivity index (χ0v) is 15.2. The van der Waals surface area contributed by atoms with Gasteiger partial charge in [-0.05, 0) is 37.0 Å². The average molecular weight is 342 g/mol. The summed E-state index contributed by atoms with van der Waals surface area (Å²) in [6.07, 6.45) is 3.91. The highest BCUT2D eigenvalue weighted by atomic mass is 16.5. The van der Waals surface area contributed by atoms with Crippen molar-refractivity contribution in [2.75, 3.05) is 13.7 Å². The summed E-state index contributed by atoms with van der Waals surface area (Å²) in [4.78, 5) is 18.7. The first-order valence-electron chi connectivity index (χ1n) is 8.96. The lowest BCUT2D eigenvalue weighted by atomic mass is 10.0. The minimum atomic E-state index is 0.0253. The van der Waals surface area contributed by atoms with Crippen molar-refractivity contribution < 1.29 is 9.53 Å². The molecule has 0 aliphatic carbocycles. The molecule has 1 unspecified atom stereocenters. The molecule has 0 spiro atoms. The molecule has 3 rings (SSSR count). The van der Waals surface area contributed by atoms with E-state index >= 15 is 0 Å². The van der Waals surface area contributed by atoms with Crippen molar-refractivity contribution in [2.24, 2.45) is 0 Å². The van der Waals surface area contributed by atoms with Gasteiger partial charge in [0.2, 0.25) is 5.91 Å². The van der Waals surface area contributed by atoms with Crippen LogP contribution in [0.4, 0.5) is 0 Å². The van der Waals surface area contributed by atoms with Gasteiger partial charge in [0.15, 0.2) is 5.82 Å². The van der Waals surface area contributed by atoms with Gasteiger partial charge < -0.3 is 9.64 Å². The van der Waals surface area contributed by atoms with Crippen LogP contribution in [0, 0.1) is 0 Å². The highest BCUT2D eigenvalue weighted by molar-refractivity contribution is 5.73. The number of nitrogens with zero attached hydrogens (tertiary/aromatic N) is 4. The predicted molar refractivity (Wildman–Crippen MR) is 95.5 cm³/mol. The van der Waals surface area contributed by atoms with Gasteiger partial charge in [0.05, 0.1) is 19.7 Å². The van der Waals surface area contributed by atoms with Crippen LogP contribution in [0.2, 0.25) is 0 Å². The molecule has 1 aliphatic rings. The smallest absolute Gasteiger partial charge is 0.220 e. The SMILES string of the molecule is CCc1nc(C2CCCCN2C(C)=O)n(Cc2ccc(OC)cc2)n1. The van der Waals surface area contributed by atoms with Gasteiger partial charge in [0.25, 0.3) is 0 Å². The standard InChI is InChI=1S/C19H26N4O2/c1-4-18-20-19(17-7-5-6-12-22(17)14(2)24)23(21-18)13-15-8-10-16(25-3)11-9-15/h8-11,17H,4-7,12-13H2,1-3H3. The molecule has 2 aromatic rings. The van der Waals surface area contributed by atoms with Crippen molar-refractivity contribution in [2.45, 2.75) is 52.1 Å². The fraction of sp³-hybridized carbons (Fsp3) is 0.526. The summed E-state index contributed by atoms with van der Waals surface area (Å²) in [7, 11) is 1.66. The van der Waals surface area contributed by atoms with Crippen LogP contribution in [-0.2, 0) is 17.8 Å². The van der Waals surface area contributed by atoms with Crippen molar-refractivity contribution in [3.05, 3.63) is 41.5 Å². The van der Waals surface area contributed by atoms with Gasteiger partial charge in [0.1, 0.15) is 11.6 Å². The first-order valence-corrected chi connectivity index (χ1v) is 8.96. The second kappa shape index (κ2) is 7.68. The molecule has 2 heterocycles. The van der Waals surface area contributed by atoms with Crippen LogP contribution in [0.25, 0.3) is 0 Å². The van der Waals surface area contributed by atoms with E-state index in [1.165, 1.54) is 0 Å². The van der Waals surface area contributed by atoms with E-state index in [-0.39, 0.29) is 11.9 Å². The van der Waals surface area contributed by atoms with Crippen LogP contribution in [0.5, 0.6) is 5.75 Å². The number of aromatic nitrogens is 3. The number of carbonyl (C=O) groups excluding carboxylic acids is 1. The zero-order valence-electron chi connectivity index (χ0n) is 15.2. The zero-order chi connectivity index (χ0) is 17.8. The molecule has 6 heteroatoms. The molecule has 1 saturated heterocycles. The molecule has 1 atom stereocenters. The molecule has 6 nitrogen and oxygen atoms in total. The van der Waals surface area contributed by atoms with Gasteiger partial charge in [-0.2, -0.15) is 5.10 Å². The number of amides is 1. The summed E-state index contributed by atoms with van der Waals surface area (Å²) < 4.78 is 7.19. The van der Waals surface area contributed by atoms with Gasteiger partial charge in [-0.1, -0.05) is 19.1 Å². The fourth-order valence-corrected chi connectivity index (χ4v) is 3.40. The molecule has 0 radical (unpaired) electrons. The van der Waals surface area contributed by atoms with Crippen molar-refractivity contribution in [1.29, 1.82) is 0 Å². The Labute approximate surface area is 148 Å². The molecule has 0 bridgehead atoms. The molecule has 25 heavy (non-hydrogen) atoms. The molecule has 134 valence electrons. The third-order valence-electron chi connectivity index (χ3n) is 4.76. The lowest BCUT2D eigenvalue weighted by Gasteiger charge is -2.34. The van der Waals surface area contributed by atoms with Crippen molar-refractivity contribution >= 4 is 5.91 Å². The van der Waals surface area contributed by atoms with E-state index in [1.807, 2.05) is 33.8 Å². The fourth-order valence-electron chi connectivity index (χ4n) is 3.40. The van der Waals surface area contributed by atoms with Gasteiger partial charge in [-0.3, -0.25) is 4.79 Å². The first kappa shape index (κ1) is 17.5. The number of piperidine rings is 1. The molecule has 1 aliphatic heterocycles. The van der Waals surface area contributed by atoms with Gasteiger partial charge in [0, 0.05) is 19.9 Å². The highest BCUT2D eigenvalue weighted by Crippen LogP contribution is 2.30. The number of ether oxygens (including phenoxy) is 1. The molecular weight excluding hydrogens is 316 g/mol. The van der Waals surface area contributed by atoms with Gasteiger partial charge >= 0.3 is 0 Å². The van der Waals surface area contributed by atoms with Crippen LogP contribution in [0.15, 0.2) is 24.3 Å². The number of carbonyl (C=O) groups is 1. The third-order valence-corrected chi connectivity index (χ3v) is 4.76. The van der Waals surface area contributed by atoms with Crippen LogP contribution in [-0.4, -0.2) is 39.2 Å². The van der Waals surface area contributed by atoms with E-state index in [9.17, 15) is 4.79 Å². The van der Waals surface area contributed by atoms with E-state index in [4.69, 9.17) is 9.72 Å². The quantitative estimate of drug-likeness (QED) is 0.838. The summed E-state index contributed by atoms with van der Waals surface area (Å²) in [6, 6.07) is 8.01. The second-order valence-electron chi connectivity index (χ2n) is 6.47. The average Bonchev–Trinajstić information content (AvgIpc) is 3.05. The number of methoxy groups -OCH3 is 1. The molecule has 1 fully saturated rings. The predicted octanol–water partition coefficient (Wildman–Crippen LogP) is 2.97. The first-order chi connectivity index (χ1) is 12.1. The highest BCUT2D eigenvalue weighted by Gasteiger charge is 2.30. The minimum Gasteiger partial charge on any atom is -0.497 e. The molecule has 1 aromatic carbocycles. The Bertz CT molecular complexity index is 724. The van der Waals surface area contributed by atoms with E-state index in [1.54, 1.807) is 14.0 Å². The summed E-state index contributed by atoms with van der Waals surface area (Å²) in [6.45, 7) is 5.15. The molecule has 1 amide bonds. The summed E-state index contributed by atoms with van der Waals surface area (Å²) >= 11 is 0. The Kier molecular flexibility index (Phi) is 5.36. The Morgan fingerprint density at radius 3 is 2.68 bits per heavy atom. The Balaban J connectivity index is 1.90. The maximum Gasteiger partial charge on any atom is 0.220 e. The van der Waals surface area contributed by atoms with Crippen molar-refractivity contribution in [3.8, 4) is 5.75 Å². The number of hydrogen-bond acceptors (Lipinski definition) is 4. The normalized spacial score (nSPS) is 17.6. The Morgan fingerprint density at radius 1 is 1.28 bits per heavy atom. The maximum absolute atomic E-state index is 12.1. The van der Waals surface area contributed by atoms with E-state index in [0.717, 1.165) is 55.2 Å². The van der Waals surface area contributed by atoms with Gasteiger partial charge in [-0.25, -0.2) is 9.67 Å². The van der Waals surface area contributed by atoms with Crippen LogP contribution in [0.3, 0.4) is 0 Å².